The minimum absolute atomic E-state index is 0.0359. The van der Waals surface area contributed by atoms with Gasteiger partial charge in [-0.15, -0.1) is 6.58 Å². The number of hydrogen-bond acceptors (Lipinski definition) is 2. The van der Waals surface area contributed by atoms with Crippen molar-refractivity contribution in [1.82, 2.24) is 5.32 Å². The quantitative estimate of drug-likeness (QED) is 0.645. The molecule has 1 heterocycles. The predicted octanol–water partition coefficient (Wildman–Crippen LogP) is 1.87. The smallest absolute Gasteiger partial charge is 0.269 e. The molecule has 2 unspecified atom stereocenters. The highest BCUT2D eigenvalue weighted by molar-refractivity contribution is 6.38. The first kappa shape index (κ1) is 10.7. The molecule has 0 aromatic heterocycles. The lowest BCUT2D eigenvalue weighted by Crippen LogP contribution is -2.32. The molecule has 2 atom stereocenters. The van der Waals surface area contributed by atoms with Gasteiger partial charge in [-0.2, -0.15) is 0 Å². The molecule has 14 heavy (non-hydrogen) atoms. The van der Waals surface area contributed by atoms with Crippen LogP contribution >= 0.6 is 0 Å². The molecule has 3 nitrogen and oxygen atoms in total. The highest BCUT2D eigenvalue weighted by atomic mass is 16.1. The zero-order valence-electron chi connectivity index (χ0n) is 8.63. The average Bonchev–Trinajstić information content (AvgIpc) is 2.20. The van der Waals surface area contributed by atoms with Crippen molar-refractivity contribution in [3.8, 4) is 0 Å². The predicted molar refractivity (Wildman–Crippen MR) is 57.1 cm³/mol. The summed E-state index contributed by atoms with van der Waals surface area (Å²) >= 11 is 0. The van der Waals surface area contributed by atoms with Crippen molar-refractivity contribution in [2.24, 2.45) is 11.8 Å². The highest BCUT2D eigenvalue weighted by Gasteiger charge is 2.26. The number of hydrogen-bond donors (Lipinski definition) is 2. The molecular formula is C11H16N2O. The van der Waals surface area contributed by atoms with Crippen LogP contribution in [-0.4, -0.2) is 11.6 Å². The van der Waals surface area contributed by atoms with Crippen molar-refractivity contribution < 1.29 is 4.79 Å². The minimum Gasteiger partial charge on any atom is -0.328 e. The molecule has 1 aliphatic heterocycles. The van der Waals surface area contributed by atoms with Crippen molar-refractivity contribution in [1.29, 1.82) is 5.41 Å². The molecule has 76 valence electrons. The summed E-state index contributed by atoms with van der Waals surface area (Å²) in [6.45, 7) is 7.76. The zero-order chi connectivity index (χ0) is 10.7. The maximum absolute atomic E-state index is 11.3. The summed E-state index contributed by atoms with van der Waals surface area (Å²) in [7, 11) is 0. The summed E-state index contributed by atoms with van der Waals surface area (Å²) in [6.07, 6.45) is 4.25. The Morgan fingerprint density at radius 3 is 2.93 bits per heavy atom. The molecule has 1 rings (SSSR count). The van der Waals surface area contributed by atoms with Gasteiger partial charge in [0.15, 0.2) is 0 Å². The normalized spacial score (nSPS) is 27.0. The van der Waals surface area contributed by atoms with Gasteiger partial charge in [-0.1, -0.05) is 18.6 Å². The summed E-state index contributed by atoms with van der Waals surface area (Å²) in [5.74, 6) is -0.124. The Kier molecular flexibility index (Phi) is 3.23. The maximum Gasteiger partial charge on any atom is 0.269 e. The van der Waals surface area contributed by atoms with Gasteiger partial charge in [-0.25, -0.2) is 0 Å². The molecule has 0 aliphatic carbocycles. The largest absolute Gasteiger partial charge is 0.328 e. The van der Waals surface area contributed by atoms with Gasteiger partial charge in [0.1, 0.15) is 5.71 Å². The van der Waals surface area contributed by atoms with E-state index < -0.39 is 0 Å². The molecule has 0 fully saturated rings. The molecule has 0 saturated carbocycles. The van der Waals surface area contributed by atoms with E-state index in [9.17, 15) is 4.79 Å². The van der Waals surface area contributed by atoms with Crippen LogP contribution in [0.2, 0.25) is 0 Å². The van der Waals surface area contributed by atoms with Crippen molar-refractivity contribution in [3.05, 3.63) is 24.4 Å². The lowest BCUT2D eigenvalue weighted by molar-refractivity contribution is -0.114. The van der Waals surface area contributed by atoms with Crippen LogP contribution in [0.5, 0.6) is 0 Å². The lowest BCUT2D eigenvalue weighted by Gasteiger charge is -2.19. The Bertz CT molecular complexity index is 304. The molecule has 0 saturated heterocycles. The molecule has 2 N–H and O–H groups in total. The number of carbonyl (C=O) groups excluding carboxylic acids is 1. The van der Waals surface area contributed by atoms with E-state index >= 15 is 0 Å². The fourth-order valence-corrected chi connectivity index (χ4v) is 1.58. The van der Waals surface area contributed by atoms with Crippen LogP contribution < -0.4 is 5.32 Å². The summed E-state index contributed by atoms with van der Waals surface area (Å²) in [5, 5.41) is 10.3. The van der Waals surface area contributed by atoms with Gasteiger partial charge in [0, 0.05) is 12.1 Å². The molecule has 0 aromatic carbocycles. The highest BCUT2D eigenvalue weighted by Crippen LogP contribution is 2.23. The Balaban J connectivity index is 2.86. The summed E-state index contributed by atoms with van der Waals surface area (Å²) in [6, 6.07) is 0. The molecule has 0 bridgehead atoms. The van der Waals surface area contributed by atoms with Crippen molar-refractivity contribution in [2.45, 2.75) is 20.3 Å². The van der Waals surface area contributed by atoms with Crippen molar-refractivity contribution >= 4 is 11.6 Å². The Labute approximate surface area is 84.4 Å². The molecule has 1 amide bonds. The third-order valence-corrected chi connectivity index (χ3v) is 2.43. The molecule has 3 heteroatoms. The van der Waals surface area contributed by atoms with E-state index in [1.165, 1.54) is 0 Å². The summed E-state index contributed by atoms with van der Waals surface area (Å²) < 4.78 is 0. The third-order valence-electron chi connectivity index (χ3n) is 2.43. The van der Waals surface area contributed by atoms with Crippen LogP contribution in [0.3, 0.4) is 0 Å². The van der Waals surface area contributed by atoms with Gasteiger partial charge in [0.2, 0.25) is 0 Å². The number of nitrogens with one attached hydrogen (secondary N) is 2. The van der Waals surface area contributed by atoms with Gasteiger partial charge >= 0.3 is 0 Å². The van der Waals surface area contributed by atoms with Gasteiger partial charge in [0.25, 0.3) is 5.91 Å². The summed E-state index contributed by atoms with van der Waals surface area (Å²) in [5.41, 5.74) is 1.17. The average molecular weight is 192 g/mol. The second-order valence-corrected chi connectivity index (χ2v) is 3.87. The first-order valence-corrected chi connectivity index (χ1v) is 4.72. The van der Waals surface area contributed by atoms with E-state index in [1.54, 1.807) is 6.20 Å². The SMILES string of the molecule is C=C(C)CC1C(=N)C(=O)NC=CC1C. The Morgan fingerprint density at radius 2 is 2.36 bits per heavy atom. The van der Waals surface area contributed by atoms with Crippen LogP contribution in [0.1, 0.15) is 20.3 Å². The molecule has 0 aromatic rings. The number of carbonyl (C=O) groups is 1. The standard InChI is InChI=1S/C11H16N2O/c1-7(2)6-9-8(3)4-5-13-11(14)10(9)12/h4-5,8-9,12H,1,6H2,2-3H3,(H,13,14). The van der Waals surface area contributed by atoms with E-state index in [0.29, 0.717) is 6.42 Å². The van der Waals surface area contributed by atoms with Crippen molar-refractivity contribution in [2.75, 3.05) is 0 Å². The van der Waals surface area contributed by atoms with Crippen LogP contribution in [0.15, 0.2) is 24.4 Å². The molecule has 1 aliphatic rings. The maximum atomic E-state index is 11.3. The Hall–Kier alpha value is -1.38. The Morgan fingerprint density at radius 1 is 1.71 bits per heavy atom. The third kappa shape index (κ3) is 2.31. The number of amides is 1. The monoisotopic (exact) mass is 192 g/mol. The van der Waals surface area contributed by atoms with E-state index in [-0.39, 0.29) is 23.5 Å². The van der Waals surface area contributed by atoms with Gasteiger partial charge in [0.05, 0.1) is 0 Å². The van der Waals surface area contributed by atoms with E-state index in [0.717, 1.165) is 5.57 Å². The summed E-state index contributed by atoms with van der Waals surface area (Å²) in [4.78, 5) is 11.3. The van der Waals surface area contributed by atoms with Crippen LogP contribution in [-0.2, 0) is 4.79 Å². The van der Waals surface area contributed by atoms with Gasteiger partial charge in [-0.05, 0) is 19.3 Å². The van der Waals surface area contributed by atoms with Gasteiger partial charge in [-0.3, -0.25) is 10.2 Å². The van der Waals surface area contributed by atoms with Gasteiger partial charge < -0.3 is 5.32 Å². The molecule has 0 radical (unpaired) electrons. The number of rotatable bonds is 2. The fourth-order valence-electron chi connectivity index (χ4n) is 1.58. The van der Waals surface area contributed by atoms with Crippen molar-refractivity contribution in [3.63, 3.8) is 0 Å². The molecule has 0 spiro atoms. The topological polar surface area (TPSA) is 53.0 Å². The molecular weight excluding hydrogens is 176 g/mol. The van der Waals surface area contributed by atoms with Crippen LogP contribution in [0.4, 0.5) is 0 Å². The second-order valence-electron chi connectivity index (χ2n) is 3.87. The minimum atomic E-state index is -0.295. The first-order chi connectivity index (χ1) is 6.52. The fraction of sp³-hybridized carbons (Fsp3) is 0.455. The first-order valence-electron chi connectivity index (χ1n) is 4.72. The van der Waals surface area contributed by atoms with Crippen LogP contribution in [0.25, 0.3) is 0 Å². The van der Waals surface area contributed by atoms with E-state index in [2.05, 4.69) is 11.9 Å². The second kappa shape index (κ2) is 4.22. The van der Waals surface area contributed by atoms with Crippen LogP contribution in [0, 0.1) is 17.2 Å². The zero-order valence-corrected chi connectivity index (χ0v) is 8.63. The number of allylic oxidation sites excluding steroid dienone is 2. The van der Waals surface area contributed by atoms with E-state index in [1.807, 2.05) is 19.9 Å². The lowest BCUT2D eigenvalue weighted by atomic mass is 9.85. The van der Waals surface area contributed by atoms with E-state index in [4.69, 9.17) is 5.41 Å².